The number of nitrogens with two attached hydrogens (primary N) is 2. The average Bonchev–Trinajstić information content (AvgIpc) is 2.47. The fraction of sp³-hybridized carbons (Fsp3) is 0.467. The Morgan fingerprint density at radius 2 is 1.95 bits per heavy atom. The molecule has 1 aromatic rings. The molecule has 122 valence electrons. The molecule has 6 nitrogen and oxygen atoms in total. The summed E-state index contributed by atoms with van der Waals surface area (Å²) in [6.45, 7) is 1.84. The largest absolute Gasteiger partial charge is 0.480 e. The number of nitrogens with one attached hydrogen (secondary N) is 1. The highest BCUT2D eigenvalue weighted by Crippen LogP contribution is 2.14. The molecule has 6 N–H and O–H groups in total. The summed E-state index contributed by atoms with van der Waals surface area (Å²) in [4.78, 5) is 23.5. The van der Waals surface area contributed by atoms with Crippen LogP contribution in [0.3, 0.4) is 0 Å². The zero-order chi connectivity index (χ0) is 16.8. The highest BCUT2D eigenvalue weighted by molar-refractivity contribution is 14.1. The molecule has 0 aromatic heterocycles. The number of carbonyl (C=O) groups is 2. The van der Waals surface area contributed by atoms with Crippen LogP contribution in [0.5, 0.6) is 0 Å². The molecule has 0 aliphatic carbocycles. The SMILES string of the molecule is C[C@@](CCCN)(NC(=O)[C@@H](N)Cc1ccc(I)cc1)C(=O)O. The molecule has 0 heterocycles. The van der Waals surface area contributed by atoms with Crippen LogP contribution >= 0.6 is 22.6 Å². The minimum atomic E-state index is -1.35. The Morgan fingerprint density at radius 3 is 2.45 bits per heavy atom. The zero-order valence-corrected chi connectivity index (χ0v) is 14.7. The van der Waals surface area contributed by atoms with Gasteiger partial charge in [0.05, 0.1) is 6.04 Å². The predicted molar refractivity (Wildman–Crippen MR) is 93.3 cm³/mol. The summed E-state index contributed by atoms with van der Waals surface area (Å²) in [5, 5.41) is 11.9. The lowest BCUT2D eigenvalue weighted by Gasteiger charge is -2.27. The Hall–Kier alpha value is -1.19. The molecule has 0 aliphatic rings. The molecular formula is C15H22IN3O3. The minimum absolute atomic E-state index is 0.265. The molecule has 0 aliphatic heterocycles. The molecule has 0 radical (unpaired) electrons. The molecular weight excluding hydrogens is 397 g/mol. The maximum absolute atomic E-state index is 12.2. The van der Waals surface area contributed by atoms with E-state index in [0.717, 1.165) is 9.13 Å². The standard InChI is InChI=1S/C15H22IN3O3/c1-15(14(21)22,7-2-8-17)19-13(20)12(18)9-10-3-5-11(16)6-4-10/h3-6,12H,2,7-9,17-18H2,1H3,(H,19,20)(H,21,22)/t12-,15-/m0/s1. The first kappa shape index (κ1) is 18.9. The molecule has 1 amide bonds. The van der Waals surface area contributed by atoms with Crippen molar-refractivity contribution in [2.24, 2.45) is 11.5 Å². The van der Waals surface area contributed by atoms with Crippen molar-refractivity contribution in [3.8, 4) is 0 Å². The first-order valence-corrected chi connectivity index (χ1v) is 8.12. The zero-order valence-electron chi connectivity index (χ0n) is 12.5. The van der Waals surface area contributed by atoms with E-state index in [2.05, 4.69) is 27.9 Å². The van der Waals surface area contributed by atoms with Crippen LogP contribution in [0.4, 0.5) is 0 Å². The number of aliphatic carboxylic acids is 1. The van der Waals surface area contributed by atoms with Crippen molar-refractivity contribution in [2.75, 3.05) is 6.54 Å². The summed E-state index contributed by atoms with van der Waals surface area (Å²) >= 11 is 2.20. The van der Waals surface area contributed by atoms with Crippen LogP contribution in [0.25, 0.3) is 0 Å². The Balaban J connectivity index is 2.68. The topological polar surface area (TPSA) is 118 Å². The van der Waals surface area contributed by atoms with Gasteiger partial charge in [0.1, 0.15) is 5.54 Å². The molecule has 0 unspecified atom stereocenters. The van der Waals surface area contributed by atoms with E-state index in [4.69, 9.17) is 11.5 Å². The van der Waals surface area contributed by atoms with Crippen LogP contribution < -0.4 is 16.8 Å². The molecule has 7 heteroatoms. The molecule has 0 bridgehead atoms. The molecule has 0 spiro atoms. The number of hydrogen-bond donors (Lipinski definition) is 4. The monoisotopic (exact) mass is 419 g/mol. The molecule has 0 saturated carbocycles. The maximum Gasteiger partial charge on any atom is 0.329 e. The van der Waals surface area contributed by atoms with E-state index in [1.807, 2.05) is 24.3 Å². The summed E-state index contributed by atoms with van der Waals surface area (Å²) in [6, 6.07) is 6.88. The number of carbonyl (C=O) groups excluding carboxylic acids is 1. The van der Waals surface area contributed by atoms with Crippen molar-refractivity contribution in [3.05, 3.63) is 33.4 Å². The van der Waals surface area contributed by atoms with Gasteiger partial charge >= 0.3 is 5.97 Å². The number of benzene rings is 1. The van der Waals surface area contributed by atoms with E-state index in [-0.39, 0.29) is 6.42 Å². The van der Waals surface area contributed by atoms with Gasteiger partial charge in [0.2, 0.25) is 5.91 Å². The Labute approximate surface area is 143 Å². The first-order valence-electron chi connectivity index (χ1n) is 7.04. The lowest BCUT2D eigenvalue weighted by molar-refractivity contribution is -0.147. The molecule has 1 rings (SSSR count). The lowest BCUT2D eigenvalue weighted by atomic mass is 9.94. The number of carboxylic acids is 1. The van der Waals surface area contributed by atoms with Crippen LogP contribution in [0.2, 0.25) is 0 Å². The summed E-state index contributed by atoms with van der Waals surface area (Å²) in [6.07, 6.45) is 1.13. The van der Waals surface area contributed by atoms with Gasteiger partial charge in [-0.15, -0.1) is 0 Å². The third-order valence-electron chi connectivity index (χ3n) is 3.46. The van der Waals surface area contributed by atoms with Crippen molar-refractivity contribution in [2.45, 2.75) is 37.8 Å². The van der Waals surface area contributed by atoms with Crippen molar-refractivity contribution in [1.82, 2.24) is 5.32 Å². The fourth-order valence-corrected chi connectivity index (χ4v) is 2.37. The van der Waals surface area contributed by atoms with Gasteiger partial charge in [0.25, 0.3) is 0 Å². The Bertz CT molecular complexity index is 521. The second-order valence-electron chi connectivity index (χ2n) is 5.46. The Morgan fingerprint density at radius 1 is 1.36 bits per heavy atom. The average molecular weight is 419 g/mol. The second-order valence-corrected chi connectivity index (χ2v) is 6.70. The summed E-state index contributed by atoms with van der Waals surface area (Å²) in [7, 11) is 0. The maximum atomic E-state index is 12.2. The second kappa shape index (κ2) is 8.44. The van der Waals surface area contributed by atoms with Crippen molar-refractivity contribution < 1.29 is 14.7 Å². The van der Waals surface area contributed by atoms with E-state index in [0.29, 0.717) is 19.4 Å². The van der Waals surface area contributed by atoms with Gasteiger partial charge in [0.15, 0.2) is 0 Å². The predicted octanol–water partition coefficient (Wildman–Crippen LogP) is 0.859. The van der Waals surface area contributed by atoms with Gasteiger partial charge in [-0.2, -0.15) is 0 Å². The van der Waals surface area contributed by atoms with Crippen molar-refractivity contribution in [1.29, 1.82) is 0 Å². The number of rotatable bonds is 8. The third-order valence-corrected chi connectivity index (χ3v) is 4.18. The quantitative estimate of drug-likeness (QED) is 0.466. The van der Waals surface area contributed by atoms with Gasteiger partial charge in [-0.25, -0.2) is 4.79 Å². The third kappa shape index (κ3) is 5.54. The number of amides is 1. The van der Waals surface area contributed by atoms with Gasteiger partial charge in [-0.1, -0.05) is 12.1 Å². The minimum Gasteiger partial charge on any atom is -0.480 e. The van der Waals surface area contributed by atoms with E-state index >= 15 is 0 Å². The highest BCUT2D eigenvalue weighted by atomic mass is 127. The molecule has 0 saturated heterocycles. The molecule has 1 aromatic carbocycles. The van der Waals surface area contributed by atoms with Crippen molar-refractivity contribution in [3.63, 3.8) is 0 Å². The van der Waals surface area contributed by atoms with Gasteiger partial charge in [0, 0.05) is 3.57 Å². The smallest absolute Gasteiger partial charge is 0.329 e. The van der Waals surface area contributed by atoms with E-state index in [9.17, 15) is 14.7 Å². The van der Waals surface area contributed by atoms with Crippen LogP contribution in [0.1, 0.15) is 25.3 Å². The summed E-state index contributed by atoms with van der Waals surface area (Å²) in [5.41, 5.74) is 10.9. The normalized spacial score (nSPS) is 14.9. The lowest BCUT2D eigenvalue weighted by Crippen LogP contribution is -2.57. The molecule has 22 heavy (non-hydrogen) atoms. The van der Waals surface area contributed by atoms with Gasteiger partial charge in [-0.3, -0.25) is 4.79 Å². The number of halogens is 1. The molecule has 2 atom stereocenters. The van der Waals surface area contributed by atoms with E-state index < -0.39 is 23.5 Å². The van der Waals surface area contributed by atoms with Gasteiger partial charge < -0.3 is 21.9 Å². The van der Waals surface area contributed by atoms with Crippen LogP contribution in [0, 0.1) is 3.57 Å². The number of hydrogen-bond acceptors (Lipinski definition) is 4. The van der Waals surface area contributed by atoms with Crippen molar-refractivity contribution >= 4 is 34.5 Å². The van der Waals surface area contributed by atoms with Gasteiger partial charge in [-0.05, 0) is 73.0 Å². The number of carboxylic acid groups (broad SMARTS) is 1. The van der Waals surface area contributed by atoms with E-state index in [1.165, 1.54) is 6.92 Å². The Kier molecular flexibility index (Phi) is 7.24. The summed E-state index contributed by atoms with van der Waals surface area (Å²) in [5.74, 6) is -1.56. The first-order chi connectivity index (χ1) is 10.3. The van der Waals surface area contributed by atoms with Crippen LogP contribution in [-0.2, 0) is 16.0 Å². The highest BCUT2D eigenvalue weighted by Gasteiger charge is 2.35. The summed E-state index contributed by atoms with van der Waals surface area (Å²) < 4.78 is 1.10. The fourth-order valence-electron chi connectivity index (χ4n) is 2.01. The van der Waals surface area contributed by atoms with Crippen LogP contribution in [-0.4, -0.2) is 35.1 Å². The molecule has 0 fully saturated rings. The van der Waals surface area contributed by atoms with E-state index in [1.54, 1.807) is 0 Å². The van der Waals surface area contributed by atoms with Crippen LogP contribution in [0.15, 0.2) is 24.3 Å².